The fourth-order valence-corrected chi connectivity index (χ4v) is 4.38. The van der Waals surface area contributed by atoms with E-state index in [1.807, 2.05) is 39.0 Å². The number of hydrogen-bond acceptors (Lipinski definition) is 6. The summed E-state index contributed by atoms with van der Waals surface area (Å²) in [5, 5.41) is 7.53. The second-order valence-corrected chi connectivity index (χ2v) is 10.1. The maximum atomic E-state index is 12.8. The van der Waals surface area contributed by atoms with Crippen LogP contribution in [0, 0.1) is 13.8 Å². The summed E-state index contributed by atoms with van der Waals surface area (Å²) in [5.41, 5.74) is 5.27. The van der Waals surface area contributed by atoms with Gasteiger partial charge in [-0.05, 0) is 74.7 Å². The zero-order chi connectivity index (χ0) is 25.8. The molecular formula is C25H30N4O5S. The number of carbonyl (C=O) groups excluding carboxylic acids is 2. The third-order valence-corrected chi connectivity index (χ3v) is 6.27. The van der Waals surface area contributed by atoms with Crippen molar-refractivity contribution in [3.8, 4) is 5.69 Å². The topological polar surface area (TPSA) is 119 Å². The number of hydrogen-bond donors (Lipinski definition) is 2. The van der Waals surface area contributed by atoms with Crippen molar-refractivity contribution in [2.24, 2.45) is 0 Å². The van der Waals surface area contributed by atoms with Crippen LogP contribution in [0.25, 0.3) is 5.69 Å². The molecule has 9 nitrogen and oxygen atoms in total. The molecule has 0 radical (unpaired) electrons. The summed E-state index contributed by atoms with van der Waals surface area (Å²) in [6.45, 7) is 5.68. The summed E-state index contributed by atoms with van der Waals surface area (Å²) in [6.07, 6.45) is 1.92. The van der Waals surface area contributed by atoms with Crippen molar-refractivity contribution in [3.05, 3.63) is 76.6 Å². The number of sulfonamides is 1. The van der Waals surface area contributed by atoms with Crippen LogP contribution in [0.15, 0.2) is 48.5 Å². The van der Waals surface area contributed by atoms with E-state index in [9.17, 15) is 18.0 Å². The molecule has 0 saturated carbocycles. The Kier molecular flexibility index (Phi) is 7.96. The summed E-state index contributed by atoms with van der Waals surface area (Å²) >= 11 is 0. The molecule has 2 N–H and O–H groups in total. The predicted octanol–water partition coefficient (Wildman–Crippen LogP) is 3.46. The zero-order valence-corrected chi connectivity index (χ0v) is 21.3. The van der Waals surface area contributed by atoms with E-state index in [0.29, 0.717) is 17.7 Å². The van der Waals surface area contributed by atoms with Gasteiger partial charge in [-0.25, -0.2) is 13.1 Å². The third kappa shape index (κ3) is 6.69. The van der Waals surface area contributed by atoms with E-state index < -0.39 is 10.0 Å². The number of methoxy groups -OCH3 is 1. The minimum absolute atomic E-state index is 0.252. The number of esters is 1. The predicted molar refractivity (Wildman–Crippen MR) is 134 cm³/mol. The molecule has 3 rings (SSSR count). The smallest absolute Gasteiger partial charge is 0.305 e. The SMILES string of the molecule is COC(=O)CCc1c(C)nn(-c2ccc(C(=O)NC(C)c3cccc(NS(C)(=O)=O)c3)cc2)c1C. The molecule has 0 aliphatic heterocycles. The zero-order valence-electron chi connectivity index (χ0n) is 20.5. The standard InChI is InChI=1S/C25H30N4O5S/c1-16(20-7-6-8-21(15-20)28-35(5,32)33)26-25(31)19-9-11-22(12-10-19)29-18(3)23(17(2)27-29)13-14-24(30)34-4/h6-12,15-16,28H,13-14H2,1-5H3,(H,26,31). The summed E-state index contributed by atoms with van der Waals surface area (Å²) in [4.78, 5) is 24.3. The highest BCUT2D eigenvalue weighted by Crippen LogP contribution is 2.21. The van der Waals surface area contributed by atoms with Gasteiger partial charge in [-0.3, -0.25) is 14.3 Å². The van der Waals surface area contributed by atoms with Crippen LogP contribution in [0.5, 0.6) is 0 Å². The van der Waals surface area contributed by atoms with Gasteiger partial charge in [0.25, 0.3) is 5.91 Å². The maximum Gasteiger partial charge on any atom is 0.305 e. The van der Waals surface area contributed by atoms with E-state index in [2.05, 4.69) is 15.1 Å². The molecule has 186 valence electrons. The summed E-state index contributed by atoms with van der Waals surface area (Å²) < 4.78 is 31.9. The molecular weight excluding hydrogens is 468 g/mol. The first-order valence-electron chi connectivity index (χ1n) is 11.1. The van der Waals surface area contributed by atoms with Gasteiger partial charge < -0.3 is 10.1 Å². The van der Waals surface area contributed by atoms with Crippen molar-refractivity contribution < 1.29 is 22.7 Å². The molecule has 0 aliphatic rings. The van der Waals surface area contributed by atoms with Crippen LogP contribution in [0.2, 0.25) is 0 Å². The molecule has 2 aromatic carbocycles. The molecule has 0 fully saturated rings. The number of nitrogens with one attached hydrogen (secondary N) is 2. The summed E-state index contributed by atoms with van der Waals surface area (Å²) in [7, 11) is -2.02. The van der Waals surface area contributed by atoms with Gasteiger partial charge in [0.05, 0.1) is 30.8 Å². The average molecular weight is 499 g/mol. The van der Waals surface area contributed by atoms with Crippen molar-refractivity contribution in [2.75, 3.05) is 18.1 Å². The Morgan fingerprint density at radius 3 is 2.43 bits per heavy atom. The van der Waals surface area contributed by atoms with Gasteiger partial charge in [-0.2, -0.15) is 5.10 Å². The van der Waals surface area contributed by atoms with Crippen LogP contribution in [0.3, 0.4) is 0 Å². The molecule has 1 atom stereocenters. The second kappa shape index (κ2) is 10.7. The minimum Gasteiger partial charge on any atom is -0.469 e. The van der Waals surface area contributed by atoms with E-state index in [1.54, 1.807) is 35.0 Å². The lowest BCUT2D eigenvalue weighted by atomic mass is 10.1. The lowest BCUT2D eigenvalue weighted by Gasteiger charge is -2.16. The van der Waals surface area contributed by atoms with Crippen LogP contribution in [-0.4, -0.2) is 43.4 Å². The highest BCUT2D eigenvalue weighted by molar-refractivity contribution is 7.92. The average Bonchev–Trinajstić information content (AvgIpc) is 3.09. The Labute approximate surface area is 205 Å². The number of benzene rings is 2. The van der Waals surface area contributed by atoms with E-state index in [1.165, 1.54) is 7.11 Å². The molecule has 10 heteroatoms. The van der Waals surface area contributed by atoms with Gasteiger partial charge in [-0.1, -0.05) is 12.1 Å². The highest BCUT2D eigenvalue weighted by atomic mass is 32.2. The Bertz CT molecular complexity index is 1330. The van der Waals surface area contributed by atoms with Crippen LogP contribution < -0.4 is 10.0 Å². The molecule has 0 bridgehead atoms. The Morgan fingerprint density at radius 1 is 1.11 bits per heavy atom. The molecule has 0 aliphatic carbocycles. The molecule has 0 spiro atoms. The maximum absolute atomic E-state index is 12.8. The minimum atomic E-state index is -3.39. The molecule has 1 aromatic heterocycles. The molecule has 35 heavy (non-hydrogen) atoms. The van der Waals surface area contributed by atoms with E-state index >= 15 is 0 Å². The lowest BCUT2D eigenvalue weighted by Crippen LogP contribution is -2.26. The molecule has 1 unspecified atom stereocenters. The Morgan fingerprint density at radius 2 is 1.80 bits per heavy atom. The van der Waals surface area contributed by atoms with Gasteiger partial charge >= 0.3 is 5.97 Å². The van der Waals surface area contributed by atoms with Gasteiger partial charge in [0, 0.05) is 23.4 Å². The van der Waals surface area contributed by atoms with E-state index in [-0.39, 0.29) is 24.3 Å². The van der Waals surface area contributed by atoms with Crippen LogP contribution >= 0.6 is 0 Å². The molecule has 1 amide bonds. The molecule has 1 heterocycles. The quantitative estimate of drug-likeness (QED) is 0.436. The van der Waals surface area contributed by atoms with Crippen LogP contribution in [0.1, 0.15) is 52.3 Å². The van der Waals surface area contributed by atoms with Crippen molar-refractivity contribution in [2.45, 2.75) is 39.7 Å². The van der Waals surface area contributed by atoms with Gasteiger partial charge in [0.1, 0.15) is 0 Å². The molecule has 3 aromatic rings. The van der Waals surface area contributed by atoms with Crippen molar-refractivity contribution in [1.82, 2.24) is 15.1 Å². The summed E-state index contributed by atoms with van der Waals surface area (Å²) in [5.74, 6) is -0.516. The number of aromatic nitrogens is 2. The lowest BCUT2D eigenvalue weighted by molar-refractivity contribution is -0.140. The first-order chi connectivity index (χ1) is 16.5. The van der Waals surface area contributed by atoms with Crippen molar-refractivity contribution in [1.29, 1.82) is 0 Å². The fraction of sp³-hybridized carbons (Fsp3) is 0.320. The fourth-order valence-electron chi connectivity index (χ4n) is 3.82. The van der Waals surface area contributed by atoms with Crippen LogP contribution in [-0.2, 0) is 26.0 Å². The number of carbonyl (C=O) groups is 2. The number of nitrogens with zero attached hydrogens (tertiary/aromatic N) is 2. The van der Waals surface area contributed by atoms with E-state index in [4.69, 9.17) is 4.74 Å². The highest BCUT2D eigenvalue weighted by Gasteiger charge is 2.16. The monoisotopic (exact) mass is 498 g/mol. The normalized spacial score (nSPS) is 12.1. The largest absolute Gasteiger partial charge is 0.469 e. The number of rotatable bonds is 9. The Hall–Kier alpha value is -3.66. The van der Waals surface area contributed by atoms with Gasteiger partial charge in [-0.15, -0.1) is 0 Å². The second-order valence-electron chi connectivity index (χ2n) is 8.38. The van der Waals surface area contributed by atoms with E-state index in [0.717, 1.165) is 34.5 Å². The van der Waals surface area contributed by atoms with Crippen molar-refractivity contribution >= 4 is 27.6 Å². The first kappa shape index (κ1) is 26.0. The number of anilines is 1. The first-order valence-corrected chi connectivity index (χ1v) is 13.0. The van der Waals surface area contributed by atoms with Gasteiger partial charge in [0.15, 0.2) is 0 Å². The van der Waals surface area contributed by atoms with Crippen molar-refractivity contribution in [3.63, 3.8) is 0 Å². The molecule has 0 saturated heterocycles. The van der Waals surface area contributed by atoms with Crippen LogP contribution in [0.4, 0.5) is 5.69 Å². The summed E-state index contributed by atoms with van der Waals surface area (Å²) in [6, 6.07) is 13.6. The van der Waals surface area contributed by atoms with Gasteiger partial charge in [0.2, 0.25) is 10.0 Å². The number of aryl methyl sites for hydroxylation is 1. The Balaban J connectivity index is 1.71. The number of ether oxygens (including phenoxy) is 1. The third-order valence-electron chi connectivity index (χ3n) is 5.66. The number of amides is 1.